The third-order valence-corrected chi connectivity index (χ3v) is 4.34. The molecule has 1 fully saturated rings. The molecule has 2 aromatic carbocycles. The van der Waals surface area contributed by atoms with Crippen molar-refractivity contribution in [3.63, 3.8) is 0 Å². The normalized spacial score (nSPS) is 18.5. The van der Waals surface area contributed by atoms with Crippen LogP contribution < -0.4 is 10.6 Å². The Morgan fingerprint density at radius 3 is 2.58 bits per heavy atom. The van der Waals surface area contributed by atoms with Crippen LogP contribution in [0.1, 0.15) is 6.42 Å². The molecule has 0 aliphatic carbocycles. The number of aliphatic imine (C=N–C) groups is 1. The Labute approximate surface area is 142 Å². The van der Waals surface area contributed by atoms with Crippen molar-refractivity contribution in [3.05, 3.63) is 60.4 Å². The van der Waals surface area contributed by atoms with Gasteiger partial charge in [0.25, 0.3) is 0 Å². The Morgan fingerprint density at radius 1 is 1.17 bits per heavy atom. The Kier molecular flexibility index (Phi) is 4.90. The summed E-state index contributed by atoms with van der Waals surface area (Å²) in [7, 11) is 0. The highest BCUT2D eigenvalue weighted by Crippen LogP contribution is 2.25. The zero-order valence-electron chi connectivity index (χ0n) is 12.5. The van der Waals surface area contributed by atoms with Crippen LogP contribution in [0.3, 0.4) is 0 Å². The summed E-state index contributed by atoms with van der Waals surface area (Å²) in [5.74, 6) is -0.849. The molecular formula is C17H14FN3O2S. The van der Waals surface area contributed by atoms with E-state index in [-0.39, 0.29) is 24.1 Å². The maximum absolute atomic E-state index is 12.9. The van der Waals surface area contributed by atoms with Crippen molar-refractivity contribution >= 4 is 40.1 Å². The van der Waals surface area contributed by atoms with Crippen molar-refractivity contribution in [2.45, 2.75) is 11.7 Å². The quantitative estimate of drug-likeness (QED) is 0.896. The lowest BCUT2D eigenvalue weighted by Crippen LogP contribution is -2.28. The number of amides is 2. The molecule has 0 bridgehead atoms. The van der Waals surface area contributed by atoms with Gasteiger partial charge in [0, 0.05) is 12.1 Å². The fourth-order valence-corrected chi connectivity index (χ4v) is 3.11. The SMILES string of the molecule is O=C(CC1SC(=Nc2ccc(F)cc2)NC1=O)Nc1ccccc1. The maximum atomic E-state index is 12.9. The molecule has 1 saturated heterocycles. The molecule has 1 aliphatic rings. The average molecular weight is 343 g/mol. The third kappa shape index (κ3) is 4.20. The molecule has 0 radical (unpaired) electrons. The van der Waals surface area contributed by atoms with E-state index in [9.17, 15) is 14.0 Å². The van der Waals surface area contributed by atoms with Crippen LogP contribution in [0.2, 0.25) is 0 Å². The summed E-state index contributed by atoms with van der Waals surface area (Å²) in [5, 5.41) is 5.26. The van der Waals surface area contributed by atoms with Crippen LogP contribution in [0.15, 0.2) is 59.6 Å². The van der Waals surface area contributed by atoms with Crippen molar-refractivity contribution in [1.29, 1.82) is 0 Å². The highest BCUT2D eigenvalue weighted by Gasteiger charge is 2.32. The number of para-hydroxylation sites is 1. The second kappa shape index (κ2) is 7.27. The molecule has 3 rings (SSSR count). The smallest absolute Gasteiger partial charge is 0.240 e. The number of benzene rings is 2. The minimum Gasteiger partial charge on any atom is -0.326 e. The Balaban J connectivity index is 1.60. The van der Waals surface area contributed by atoms with E-state index in [4.69, 9.17) is 0 Å². The van der Waals surface area contributed by atoms with Crippen molar-refractivity contribution < 1.29 is 14.0 Å². The Morgan fingerprint density at radius 2 is 1.88 bits per heavy atom. The zero-order valence-corrected chi connectivity index (χ0v) is 13.3. The van der Waals surface area contributed by atoms with E-state index in [0.29, 0.717) is 16.5 Å². The first-order valence-electron chi connectivity index (χ1n) is 7.27. The highest BCUT2D eigenvalue weighted by molar-refractivity contribution is 8.15. The number of anilines is 1. The summed E-state index contributed by atoms with van der Waals surface area (Å²) in [6.45, 7) is 0. The number of hydrogen-bond acceptors (Lipinski definition) is 4. The maximum Gasteiger partial charge on any atom is 0.240 e. The lowest BCUT2D eigenvalue weighted by molar-refractivity contribution is -0.122. The summed E-state index contributed by atoms with van der Waals surface area (Å²) in [6.07, 6.45) is 0.0494. The van der Waals surface area contributed by atoms with Gasteiger partial charge in [-0.05, 0) is 36.4 Å². The summed E-state index contributed by atoms with van der Waals surface area (Å²) in [5.41, 5.74) is 1.22. The first kappa shape index (κ1) is 16.2. The Hall–Kier alpha value is -2.67. The number of carbonyl (C=O) groups excluding carboxylic acids is 2. The van der Waals surface area contributed by atoms with Crippen LogP contribution in [-0.4, -0.2) is 22.2 Å². The molecule has 24 heavy (non-hydrogen) atoms. The second-order valence-corrected chi connectivity index (χ2v) is 6.30. The van der Waals surface area contributed by atoms with Gasteiger partial charge in [0.1, 0.15) is 11.1 Å². The molecule has 0 aromatic heterocycles. The number of nitrogens with one attached hydrogen (secondary N) is 2. The number of amidine groups is 1. The molecule has 0 saturated carbocycles. The molecule has 5 nitrogen and oxygen atoms in total. The summed E-state index contributed by atoms with van der Waals surface area (Å²) >= 11 is 1.19. The highest BCUT2D eigenvalue weighted by atomic mass is 32.2. The predicted molar refractivity (Wildman–Crippen MR) is 92.7 cm³/mol. The first-order valence-corrected chi connectivity index (χ1v) is 8.15. The van der Waals surface area contributed by atoms with Gasteiger partial charge < -0.3 is 10.6 Å². The Bertz CT molecular complexity index is 778. The van der Waals surface area contributed by atoms with Crippen LogP contribution in [-0.2, 0) is 9.59 Å². The lowest BCUT2D eigenvalue weighted by Gasteiger charge is -2.07. The van der Waals surface area contributed by atoms with Gasteiger partial charge in [0.05, 0.1) is 5.69 Å². The average Bonchev–Trinajstić information content (AvgIpc) is 2.90. The molecule has 1 aliphatic heterocycles. The second-order valence-electron chi connectivity index (χ2n) is 5.11. The first-order chi connectivity index (χ1) is 11.6. The van der Waals surface area contributed by atoms with E-state index in [0.717, 1.165) is 0 Å². The minimum atomic E-state index is -0.534. The van der Waals surface area contributed by atoms with Crippen LogP contribution in [0.4, 0.5) is 15.8 Å². The standard InChI is InChI=1S/C17H14FN3O2S/c18-11-6-8-13(9-7-11)20-17-21-16(23)14(24-17)10-15(22)19-12-4-2-1-3-5-12/h1-9,14H,10H2,(H,19,22)(H,20,21,23). The van der Waals surface area contributed by atoms with Crippen LogP contribution >= 0.6 is 11.8 Å². The van der Waals surface area contributed by atoms with Gasteiger partial charge in [-0.3, -0.25) is 9.59 Å². The van der Waals surface area contributed by atoms with E-state index in [1.165, 1.54) is 36.0 Å². The van der Waals surface area contributed by atoms with Crippen molar-refractivity contribution in [3.8, 4) is 0 Å². The number of halogens is 1. The van der Waals surface area contributed by atoms with Gasteiger partial charge >= 0.3 is 0 Å². The molecule has 1 heterocycles. The van der Waals surface area contributed by atoms with Crippen LogP contribution in [0, 0.1) is 5.82 Å². The van der Waals surface area contributed by atoms with E-state index in [1.54, 1.807) is 12.1 Å². The van der Waals surface area contributed by atoms with Crippen LogP contribution in [0.25, 0.3) is 0 Å². The molecule has 122 valence electrons. The van der Waals surface area contributed by atoms with E-state index in [1.807, 2.05) is 18.2 Å². The molecule has 1 unspecified atom stereocenters. The van der Waals surface area contributed by atoms with E-state index < -0.39 is 5.25 Å². The van der Waals surface area contributed by atoms with Gasteiger partial charge in [-0.25, -0.2) is 9.38 Å². The monoisotopic (exact) mass is 343 g/mol. The fraction of sp³-hybridized carbons (Fsp3) is 0.118. The summed E-state index contributed by atoms with van der Waals surface area (Å²) in [4.78, 5) is 28.2. The number of thioether (sulfide) groups is 1. The third-order valence-electron chi connectivity index (χ3n) is 3.26. The molecule has 2 N–H and O–H groups in total. The van der Waals surface area contributed by atoms with Gasteiger partial charge in [-0.1, -0.05) is 30.0 Å². The lowest BCUT2D eigenvalue weighted by atomic mass is 10.2. The number of nitrogens with zero attached hydrogens (tertiary/aromatic N) is 1. The van der Waals surface area contributed by atoms with Gasteiger partial charge in [0.15, 0.2) is 5.17 Å². The molecule has 0 spiro atoms. The van der Waals surface area contributed by atoms with Gasteiger partial charge in [-0.15, -0.1) is 0 Å². The molecule has 2 aromatic rings. The number of carbonyl (C=O) groups is 2. The largest absolute Gasteiger partial charge is 0.326 e. The predicted octanol–water partition coefficient (Wildman–Crippen LogP) is 3.07. The van der Waals surface area contributed by atoms with E-state index >= 15 is 0 Å². The number of hydrogen-bond donors (Lipinski definition) is 2. The molecule has 2 amide bonds. The molecule has 1 atom stereocenters. The summed E-state index contributed by atoms with van der Waals surface area (Å²) in [6, 6.07) is 14.7. The van der Waals surface area contributed by atoms with Gasteiger partial charge in [0.2, 0.25) is 11.8 Å². The number of rotatable bonds is 4. The van der Waals surface area contributed by atoms with Crippen molar-refractivity contribution in [1.82, 2.24) is 5.32 Å². The summed E-state index contributed by atoms with van der Waals surface area (Å²) < 4.78 is 12.9. The molecular weight excluding hydrogens is 329 g/mol. The zero-order chi connectivity index (χ0) is 16.9. The minimum absolute atomic E-state index is 0.0494. The molecule has 7 heteroatoms. The van der Waals surface area contributed by atoms with Crippen molar-refractivity contribution in [2.75, 3.05) is 5.32 Å². The van der Waals surface area contributed by atoms with Crippen LogP contribution in [0.5, 0.6) is 0 Å². The van der Waals surface area contributed by atoms with E-state index in [2.05, 4.69) is 15.6 Å². The topological polar surface area (TPSA) is 70.6 Å². The van der Waals surface area contributed by atoms with Crippen molar-refractivity contribution in [2.24, 2.45) is 4.99 Å². The fourth-order valence-electron chi connectivity index (χ4n) is 2.13. The van der Waals surface area contributed by atoms with Gasteiger partial charge in [-0.2, -0.15) is 0 Å².